The Morgan fingerprint density at radius 3 is 2.89 bits per heavy atom. The summed E-state index contributed by atoms with van der Waals surface area (Å²) in [6.07, 6.45) is 2.43. The maximum absolute atomic E-state index is 11.6. The molecule has 0 saturated heterocycles. The summed E-state index contributed by atoms with van der Waals surface area (Å²) < 4.78 is 0. The van der Waals surface area contributed by atoms with Crippen LogP contribution in [0.2, 0.25) is 0 Å². The van der Waals surface area contributed by atoms with Crippen LogP contribution in [0.1, 0.15) is 29.8 Å². The number of nitriles is 1. The Bertz CT molecular complexity index is 529. The monoisotopic (exact) mass is 258 g/mol. The van der Waals surface area contributed by atoms with Crippen molar-refractivity contribution in [1.29, 1.82) is 5.26 Å². The summed E-state index contributed by atoms with van der Waals surface area (Å²) >= 11 is 0. The van der Waals surface area contributed by atoms with Crippen molar-refractivity contribution >= 4 is 11.6 Å². The fourth-order valence-corrected chi connectivity index (χ4v) is 1.93. The minimum Gasteiger partial charge on any atom is -0.375 e. The van der Waals surface area contributed by atoms with Crippen LogP contribution in [0.4, 0.5) is 5.69 Å². The second kappa shape index (κ2) is 5.70. The van der Waals surface area contributed by atoms with Gasteiger partial charge in [0.25, 0.3) is 0 Å². The molecule has 1 heterocycles. The Labute approximate surface area is 113 Å². The van der Waals surface area contributed by atoms with Crippen LogP contribution in [0.15, 0.2) is 6.07 Å². The Morgan fingerprint density at radius 2 is 2.26 bits per heavy atom. The molecule has 2 N–H and O–H groups in total. The molecule has 1 fully saturated rings. The van der Waals surface area contributed by atoms with E-state index in [0.717, 1.165) is 12.2 Å². The fraction of sp³-hybridized carbons (Fsp3) is 0.500. The third kappa shape index (κ3) is 3.68. The number of rotatable bonds is 5. The van der Waals surface area contributed by atoms with Crippen LogP contribution < -0.4 is 10.6 Å². The highest BCUT2D eigenvalue weighted by molar-refractivity contribution is 5.81. The zero-order valence-electron chi connectivity index (χ0n) is 11.3. The van der Waals surface area contributed by atoms with Gasteiger partial charge in [0.05, 0.1) is 23.5 Å². The van der Waals surface area contributed by atoms with Gasteiger partial charge in [0.15, 0.2) is 0 Å². The second-order valence-corrected chi connectivity index (χ2v) is 4.98. The van der Waals surface area contributed by atoms with Crippen molar-refractivity contribution in [2.45, 2.75) is 26.7 Å². The lowest BCUT2D eigenvalue weighted by molar-refractivity contribution is -0.119. The van der Waals surface area contributed by atoms with E-state index in [0.29, 0.717) is 22.9 Å². The molecule has 0 spiro atoms. The van der Waals surface area contributed by atoms with Crippen LogP contribution in [-0.4, -0.2) is 24.0 Å². The van der Waals surface area contributed by atoms with E-state index in [1.165, 1.54) is 12.8 Å². The first kappa shape index (κ1) is 13.3. The number of hydrogen-bond donors (Lipinski definition) is 2. The summed E-state index contributed by atoms with van der Waals surface area (Å²) in [5.41, 5.74) is 2.69. The summed E-state index contributed by atoms with van der Waals surface area (Å²) in [5.74, 6) is 0.631. The summed E-state index contributed by atoms with van der Waals surface area (Å²) in [5, 5.41) is 15.0. The molecule has 1 aliphatic carbocycles. The molecule has 1 aromatic rings. The second-order valence-electron chi connectivity index (χ2n) is 4.98. The minimum absolute atomic E-state index is 0.0390. The molecule has 1 aliphatic rings. The van der Waals surface area contributed by atoms with Crippen LogP contribution in [0.5, 0.6) is 0 Å². The average molecular weight is 258 g/mol. The Kier molecular flexibility index (Phi) is 4.00. The van der Waals surface area contributed by atoms with Gasteiger partial charge < -0.3 is 10.6 Å². The number of anilines is 1. The third-order valence-electron chi connectivity index (χ3n) is 3.16. The summed E-state index contributed by atoms with van der Waals surface area (Å²) in [6.45, 7) is 4.61. The Morgan fingerprint density at radius 1 is 1.53 bits per heavy atom. The van der Waals surface area contributed by atoms with Gasteiger partial charge in [0.2, 0.25) is 5.91 Å². The maximum Gasteiger partial charge on any atom is 0.239 e. The van der Waals surface area contributed by atoms with Gasteiger partial charge in [-0.2, -0.15) is 5.26 Å². The molecule has 0 aromatic carbocycles. The largest absolute Gasteiger partial charge is 0.375 e. The standard InChI is InChI=1S/C14H18N4O/c1-9-5-13(12(6-15)10(2)18-9)16-8-14(19)17-7-11-3-4-11/h5,11H,3-4,7-8H2,1-2H3,(H,16,18)(H,17,19). The van der Waals surface area contributed by atoms with E-state index >= 15 is 0 Å². The quantitative estimate of drug-likeness (QED) is 0.839. The number of amides is 1. The van der Waals surface area contributed by atoms with Gasteiger partial charge in [-0.25, -0.2) is 0 Å². The molecular weight excluding hydrogens is 240 g/mol. The lowest BCUT2D eigenvalue weighted by Crippen LogP contribution is -2.31. The van der Waals surface area contributed by atoms with Crippen molar-refractivity contribution in [3.8, 4) is 6.07 Å². The van der Waals surface area contributed by atoms with Crippen LogP contribution in [-0.2, 0) is 4.79 Å². The highest BCUT2D eigenvalue weighted by Crippen LogP contribution is 2.27. The molecule has 0 aliphatic heterocycles. The zero-order chi connectivity index (χ0) is 13.8. The number of nitrogens with zero attached hydrogens (tertiary/aromatic N) is 2. The summed E-state index contributed by atoms with van der Waals surface area (Å²) in [4.78, 5) is 15.9. The van der Waals surface area contributed by atoms with E-state index in [2.05, 4.69) is 21.7 Å². The molecule has 1 aromatic heterocycles. The number of aryl methyl sites for hydroxylation is 2. The van der Waals surface area contributed by atoms with Crippen LogP contribution >= 0.6 is 0 Å². The van der Waals surface area contributed by atoms with Crippen molar-refractivity contribution in [2.24, 2.45) is 5.92 Å². The Hall–Kier alpha value is -2.09. The lowest BCUT2D eigenvalue weighted by Gasteiger charge is -2.11. The van der Waals surface area contributed by atoms with E-state index in [-0.39, 0.29) is 12.5 Å². The van der Waals surface area contributed by atoms with Crippen molar-refractivity contribution < 1.29 is 4.79 Å². The average Bonchev–Trinajstić information content (AvgIpc) is 3.17. The zero-order valence-corrected chi connectivity index (χ0v) is 11.3. The van der Waals surface area contributed by atoms with Gasteiger partial charge >= 0.3 is 0 Å². The number of aromatic nitrogens is 1. The molecular formula is C14H18N4O. The van der Waals surface area contributed by atoms with Crippen LogP contribution in [0.3, 0.4) is 0 Å². The first-order chi connectivity index (χ1) is 9.10. The van der Waals surface area contributed by atoms with Crippen LogP contribution in [0.25, 0.3) is 0 Å². The molecule has 2 rings (SSSR count). The van der Waals surface area contributed by atoms with Crippen LogP contribution in [0, 0.1) is 31.1 Å². The first-order valence-corrected chi connectivity index (χ1v) is 6.49. The van der Waals surface area contributed by atoms with Gasteiger partial charge in [-0.1, -0.05) is 0 Å². The van der Waals surface area contributed by atoms with Gasteiger partial charge in [0.1, 0.15) is 6.07 Å². The highest BCUT2D eigenvalue weighted by Gasteiger charge is 2.21. The number of carbonyl (C=O) groups is 1. The molecule has 0 radical (unpaired) electrons. The van der Waals surface area contributed by atoms with E-state index in [1.54, 1.807) is 13.0 Å². The highest BCUT2D eigenvalue weighted by atomic mass is 16.1. The molecule has 1 saturated carbocycles. The Balaban J connectivity index is 1.94. The summed E-state index contributed by atoms with van der Waals surface area (Å²) in [6, 6.07) is 3.91. The predicted molar refractivity (Wildman–Crippen MR) is 72.6 cm³/mol. The fourth-order valence-electron chi connectivity index (χ4n) is 1.93. The number of hydrogen-bond acceptors (Lipinski definition) is 4. The molecule has 0 bridgehead atoms. The summed E-state index contributed by atoms with van der Waals surface area (Å²) in [7, 11) is 0. The molecule has 0 atom stereocenters. The number of pyridine rings is 1. The molecule has 100 valence electrons. The van der Waals surface area contributed by atoms with E-state index < -0.39 is 0 Å². The van der Waals surface area contributed by atoms with Gasteiger partial charge in [-0.15, -0.1) is 0 Å². The van der Waals surface area contributed by atoms with Crippen molar-refractivity contribution in [1.82, 2.24) is 10.3 Å². The molecule has 0 unspecified atom stereocenters. The van der Waals surface area contributed by atoms with E-state index in [1.807, 2.05) is 6.92 Å². The topological polar surface area (TPSA) is 77.8 Å². The van der Waals surface area contributed by atoms with Gasteiger partial charge in [-0.3, -0.25) is 9.78 Å². The number of nitrogens with one attached hydrogen (secondary N) is 2. The minimum atomic E-state index is -0.0390. The van der Waals surface area contributed by atoms with E-state index in [9.17, 15) is 4.79 Å². The van der Waals surface area contributed by atoms with Gasteiger partial charge in [-0.05, 0) is 38.7 Å². The first-order valence-electron chi connectivity index (χ1n) is 6.49. The molecule has 19 heavy (non-hydrogen) atoms. The van der Waals surface area contributed by atoms with Gasteiger partial charge in [0, 0.05) is 12.2 Å². The molecule has 5 heteroatoms. The molecule has 1 amide bonds. The predicted octanol–water partition coefficient (Wildman–Crippen LogP) is 1.51. The normalized spacial score (nSPS) is 13.7. The SMILES string of the molecule is Cc1cc(NCC(=O)NCC2CC2)c(C#N)c(C)n1. The third-order valence-corrected chi connectivity index (χ3v) is 3.16. The van der Waals surface area contributed by atoms with E-state index in [4.69, 9.17) is 5.26 Å². The van der Waals surface area contributed by atoms with Crippen molar-refractivity contribution in [2.75, 3.05) is 18.4 Å². The van der Waals surface area contributed by atoms with Crippen molar-refractivity contribution in [3.05, 3.63) is 23.0 Å². The lowest BCUT2D eigenvalue weighted by atomic mass is 10.1. The smallest absolute Gasteiger partial charge is 0.239 e. The van der Waals surface area contributed by atoms with Crippen molar-refractivity contribution in [3.63, 3.8) is 0 Å². The maximum atomic E-state index is 11.6. The molecule has 5 nitrogen and oxygen atoms in total. The number of carbonyl (C=O) groups excluding carboxylic acids is 1.